The number of ether oxygens (including phenoxy) is 3. The summed E-state index contributed by atoms with van der Waals surface area (Å²) in [7, 11) is 5.23. The molecule has 0 unspecified atom stereocenters. The highest BCUT2D eigenvalue weighted by Gasteiger charge is 2.27. The van der Waals surface area contributed by atoms with Crippen molar-refractivity contribution in [3.63, 3.8) is 0 Å². The van der Waals surface area contributed by atoms with Gasteiger partial charge in [0.25, 0.3) is 0 Å². The second-order valence-electron chi connectivity index (χ2n) is 9.45. The highest BCUT2D eigenvalue weighted by molar-refractivity contribution is 6.08. The summed E-state index contributed by atoms with van der Waals surface area (Å²) < 4.78 is 75.4. The molecule has 0 atom stereocenters. The Hall–Kier alpha value is -2.84. The van der Waals surface area contributed by atoms with E-state index in [0.29, 0.717) is 11.1 Å². The summed E-state index contributed by atoms with van der Waals surface area (Å²) in [6.07, 6.45) is 6.24. The molecule has 0 amide bonds. The van der Waals surface area contributed by atoms with Gasteiger partial charge in [-0.3, -0.25) is 0 Å². The normalized spacial score (nSPS) is 17.5. The summed E-state index contributed by atoms with van der Waals surface area (Å²) in [5.74, 6) is -4.83. The van der Waals surface area contributed by atoms with E-state index in [0.717, 1.165) is 19.3 Å². The van der Waals surface area contributed by atoms with Crippen LogP contribution in [0.3, 0.4) is 0 Å². The van der Waals surface area contributed by atoms with Crippen molar-refractivity contribution in [2.24, 2.45) is 0 Å². The third-order valence-corrected chi connectivity index (χ3v) is 6.85. The lowest BCUT2D eigenvalue weighted by molar-refractivity contribution is -0.190. The van der Waals surface area contributed by atoms with Crippen molar-refractivity contribution < 1.29 is 31.8 Å². The Morgan fingerprint density at radius 1 is 0.737 bits per heavy atom. The van der Waals surface area contributed by atoms with Crippen LogP contribution in [-0.2, 0) is 9.47 Å². The molecule has 3 nitrogen and oxygen atoms in total. The minimum Gasteiger partial charge on any atom is -0.500 e. The van der Waals surface area contributed by atoms with Crippen LogP contribution in [0, 0.1) is 23.3 Å². The van der Waals surface area contributed by atoms with E-state index in [-0.39, 0.29) is 48.4 Å². The van der Waals surface area contributed by atoms with Crippen LogP contribution >= 0.6 is 0 Å². The Balaban J connectivity index is 1.43. The smallest absolute Gasteiger partial charge is 0.201 e. The van der Waals surface area contributed by atoms with E-state index >= 15 is 8.78 Å². The quantitative estimate of drug-likeness (QED) is 0.144. The molecule has 0 bridgehead atoms. The van der Waals surface area contributed by atoms with Gasteiger partial charge in [0.05, 0.1) is 13.2 Å². The first kappa shape index (κ1) is 28.2. The summed E-state index contributed by atoms with van der Waals surface area (Å²) in [6, 6.07) is 11.8. The van der Waals surface area contributed by atoms with Crippen LogP contribution in [0.15, 0.2) is 48.5 Å². The van der Waals surface area contributed by atoms with E-state index in [1.165, 1.54) is 61.7 Å². The number of rotatable bonds is 11. The van der Waals surface area contributed by atoms with E-state index in [4.69, 9.17) is 22.1 Å². The number of benzene rings is 3. The predicted octanol–water partition coefficient (Wildman–Crippen LogP) is 7.90. The molecule has 1 heterocycles. The number of halogens is 4. The molecule has 0 N–H and O–H groups in total. The molecule has 0 aromatic heterocycles. The van der Waals surface area contributed by atoms with Crippen LogP contribution in [-0.4, -0.2) is 33.9 Å². The average molecular weight is 526 g/mol. The summed E-state index contributed by atoms with van der Waals surface area (Å²) in [6.45, 7) is 2.42. The molecule has 8 heteroatoms. The molecule has 1 aliphatic rings. The molecule has 38 heavy (non-hydrogen) atoms. The van der Waals surface area contributed by atoms with Crippen LogP contribution in [0.4, 0.5) is 17.6 Å². The third-order valence-electron chi connectivity index (χ3n) is 6.85. The molecule has 0 aliphatic carbocycles. The Labute approximate surface area is 222 Å². The molecule has 0 spiro atoms. The lowest BCUT2D eigenvalue weighted by atomic mass is 9.94. The fraction of sp³-hybridized carbons (Fsp3) is 0.400. The van der Waals surface area contributed by atoms with Crippen molar-refractivity contribution in [1.82, 2.24) is 0 Å². The molecular weight excluding hydrogens is 495 g/mol. The van der Waals surface area contributed by atoms with Crippen molar-refractivity contribution in [2.75, 3.05) is 19.7 Å². The second-order valence-corrected chi connectivity index (χ2v) is 9.45. The van der Waals surface area contributed by atoms with E-state index in [9.17, 15) is 8.78 Å². The van der Waals surface area contributed by atoms with Crippen molar-refractivity contribution >= 4 is 7.85 Å². The molecule has 1 aliphatic heterocycles. The van der Waals surface area contributed by atoms with Crippen molar-refractivity contribution in [2.45, 2.75) is 57.7 Å². The zero-order valence-corrected chi connectivity index (χ0v) is 21.5. The van der Waals surface area contributed by atoms with E-state index in [1.54, 1.807) is 6.07 Å². The first-order valence-corrected chi connectivity index (χ1v) is 13.1. The minimum atomic E-state index is -1.14. The molecule has 4 rings (SSSR count). The fourth-order valence-electron chi connectivity index (χ4n) is 4.69. The van der Waals surface area contributed by atoms with E-state index in [2.05, 4.69) is 6.92 Å². The topological polar surface area (TPSA) is 27.7 Å². The lowest BCUT2D eigenvalue weighted by Gasteiger charge is -2.30. The highest BCUT2D eigenvalue weighted by atomic mass is 19.2. The molecular formula is C30H31BF4O3. The van der Waals surface area contributed by atoms with Gasteiger partial charge in [0.15, 0.2) is 29.5 Å². The van der Waals surface area contributed by atoms with Crippen LogP contribution in [0.1, 0.15) is 56.9 Å². The summed E-state index contributed by atoms with van der Waals surface area (Å²) in [5, 5.41) is 0. The molecule has 3 aromatic rings. The zero-order chi connectivity index (χ0) is 27.1. The summed E-state index contributed by atoms with van der Waals surface area (Å²) in [4.78, 5) is 0. The van der Waals surface area contributed by atoms with Gasteiger partial charge in [-0.1, -0.05) is 69.0 Å². The number of unbranched alkanes of at least 4 members (excludes halogenated alkanes) is 4. The Morgan fingerprint density at radius 2 is 1.32 bits per heavy atom. The molecule has 1 saturated heterocycles. The number of hydrogen-bond acceptors (Lipinski definition) is 3. The summed E-state index contributed by atoms with van der Waals surface area (Å²) >= 11 is 0. The average Bonchev–Trinajstić information content (AvgIpc) is 2.93. The zero-order valence-electron chi connectivity index (χ0n) is 21.5. The maximum Gasteiger partial charge on any atom is 0.201 e. The summed E-state index contributed by atoms with van der Waals surface area (Å²) in [5.41, 5.74) is 1.07. The molecule has 1 fully saturated rings. The molecule has 200 valence electrons. The van der Waals surface area contributed by atoms with Crippen LogP contribution in [0.5, 0.6) is 5.75 Å². The van der Waals surface area contributed by atoms with Crippen LogP contribution < -0.4 is 4.74 Å². The third kappa shape index (κ3) is 6.41. The first-order valence-electron chi connectivity index (χ1n) is 13.1. The largest absolute Gasteiger partial charge is 0.500 e. The van der Waals surface area contributed by atoms with Crippen molar-refractivity contribution in [1.29, 1.82) is 0 Å². The van der Waals surface area contributed by atoms with E-state index < -0.39 is 29.2 Å². The number of hydrogen-bond donors (Lipinski definition) is 0. The molecule has 2 radical (unpaired) electrons. The van der Waals surface area contributed by atoms with Gasteiger partial charge in [0.2, 0.25) is 5.82 Å². The SMILES string of the molecule is [B]COc1ccc(-c2ccc(-c3ccc(C4COC(CCCCCCC)OC4)c(F)c3F)cc2)c(F)c1F. The van der Waals surface area contributed by atoms with Gasteiger partial charge in [-0.25, -0.2) is 13.2 Å². The predicted molar refractivity (Wildman–Crippen MR) is 140 cm³/mol. The maximum atomic E-state index is 15.1. The van der Waals surface area contributed by atoms with E-state index in [1.807, 2.05) is 0 Å². The Bertz CT molecular complexity index is 1210. The van der Waals surface area contributed by atoms with Gasteiger partial charge in [0.1, 0.15) is 7.85 Å². The van der Waals surface area contributed by atoms with Gasteiger partial charge in [-0.15, -0.1) is 0 Å². The first-order chi connectivity index (χ1) is 18.4. The standard InChI is InChI=1S/C30H31BF4O3/c1-2-3-4-5-6-7-26-36-16-21(17-37-26)24-13-12-22(27(32)28(24)33)19-8-10-20(11-9-19)23-14-15-25(38-18-31)30(35)29(23)34/h8-15,21,26H,2-7,16-18H2,1H3. The van der Waals surface area contributed by atoms with Gasteiger partial charge in [0, 0.05) is 23.6 Å². The maximum absolute atomic E-state index is 15.1. The monoisotopic (exact) mass is 526 g/mol. The Morgan fingerprint density at radius 3 is 1.92 bits per heavy atom. The van der Waals surface area contributed by atoms with Gasteiger partial charge < -0.3 is 14.2 Å². The van der Waals surface area contributed by atoms with Gasteiger partial charge in [-0.2, -0.15) is 4.39 Å². The highest BCUT2D eigenvalue weighted by Crippen LogP contribution is 2.34. The Kier molecular flexibility index (Phi) is 9.86. The van der Waals surface area contributed by atoms with Crippen LogP contribution in [0.2, 0.25) is 0 Å². The van der Waals surface area contributed by atoms with Crippen molar-refractivity contribution in [3.8, 4) is 28.0 Å². The lowest BCUT2D eigenvalue weighted by Crippen LogP contribution is -2.31. The molecule has 3 aromatic carbocycles. The van der Waals surface area contributed by atoms with Gasteiger partial charge in [-0.05, 0) is 41.7 Å². The minimum absolute atomic E-state index is 0.0111. The van der Waals surface area contributed by atoms with Crippen molar-refractivity contribution in [3.05, 3.63) is 77.4 Å². The molecule has 0 saturated carbocycles. The van der Waals surface area contributed by atoms with Crippen LogP contribution in [0.25, 0.3) is 22.3 Å². The van der Waals surface area contributed by atoms with Gasteiger partial charge >= 0.3 is 0 Å². The fourth-order valence-corrected chi connectivity index (χ4v) is 4.69. The second kappa shape index (κ2) is 13.3.